The normalized spacial score (nSPS) is 17.9. The zero-order valence-corrected chi connectivity index (χ0v) is 14.7. The number of hydrogen-bond acceptors (Lipinski definition) is 3. The molecule has 1 aromatic rings. The molecule has 0 saturated carbocycles. The first-order valence-electron chi connectivity index (χ1n) is 8.50. The molecular formula is C18H27F2N3O. The Hall–Kier alpha value is -1.53. The minimum absolute atomic E-state index is 0.0909. The van der Waals surface area contributed by atoms with Crippen LogP contribution in [0.3, 0.4) is 0 Å². The molecule has 1 N–H and O–H groups in total. The molecule has 1 aromatic carbocycles. The zero-order valence-electron chi connectivity index (χ0n) is 14.7. The summed E-state index contributed by atoms with van der Waals surface area (Å²) < 4.78 is 26.9. The third-order valence-corrected chi connectivity index (χ3v) is 4.67. The molecule has 2 rings (SSSR count). The number of nitrogens with zero attached hydrogens (tertiary/aromatic N) is 2. The average molecular weight is 339 g/mol. The SMILES string of the molecule is CC(C)[C@@H](CNC(=O)Cc1cccc(F)c1F)N1CCN(C)CC1. The Labute approximate surface area is 142 Å². The van der Waals surface area contributed by atoms with E-state index in [9.17, 15) is 13.6 Å². The molecule has 0 radical (unpaired) electrons. The Morgan fingerprint density at radius 1 is 1.21 bits per heavy atom. The Morgan fingerprint density at radius 3 is 2.50 bits per heavy atom. The first-order valence-corrected chi connectivity index (χ1v) is 8.50. The number of halogens is 2. The number of benzene rings is 1. The van der Waals surface area contributed by atoms with E-state index in [1.54, 1.807) is 0 Å². The summed E-state index contributed by atoms with van der Waals surface area (Å²) in [6, 6.07) is 4.17. The Balaban J connectivity index is 1.89. The maximum atomic E-state index is 13.6. The van der Waals surface area contributed by atoms with Crippen LogP contribution in [0.1, 0.15) is 19.4 Å². The van der Waals surface area contributed by atoms with Gasteiger partial charge in [0.25, 0.3) is 0 Å². The second-order valence-electron chi connectivity index (χ2n) is 6.84. The molecule has 6 heteroatoms. The Bertz CT molecular complexity index is 557. The lowest BCUT2D eigenvalue weighted by atomic mass is 10.0. The number of piperazine rings is 1. The minimum Gasteiger partial charge on any atom is -0.354 e. The van der Waals surface area contributed by atoms with Crippen molar-refractivity contribution < 1.29 is 13.6 Å². The number of carbonyl (C=O) groups excluding carboxylic acids is 1. The van der Waals surface area contributed by atoms with Crippen LogP contribution in [0, 0.1) is 17.6 Å². The van der Waals surface area contributed by atoms with Gasteiger partial charge in [0.2, 0.25) is 5.91 Å². The molecule has 1 heterocycles. The molecule has 1 aliphatic rings. The van der Waals surface area contributed by atoms with Crippen LogP contribution in [0.15, 0.2) is 18.2 Å². The molecule has 1 atom stereocenters. The molecule has 0 aromatic heterocycles. The van der Waals surface area contributed by atoms with Gasteiger partial charge in [0, 0.05) is 44.3 Å². The van der Waals surface area contributed by atoms with Gasteiger partial charge in [0.15, 0.2) is 11.6 Å². The summed E-state index contributed by atoms with van der Waals surface area (Å²) in [5.74, 6) is -1.73. The van der Waals surface area contributed by atoms with Gasteiger partial charge in [-0.2, -0.15) is 0 Å². The largest absolute Gasteiger partial charge is 0.354 e. The lowest BCUT2D eigenvalue weighted by Crippen LogP contribution is -2.54. The first kappa shape index (κ1) is 18.8. The van der Waals surface area contributed by atoms with E-state index in [0.717, 1.165) is 32.2 Å². The summed E-state index contributed by atoms with van der Waals surface area (Å²) in [5.41, 5.74) is 0.0909. The van der Waals surface area contributed by atoms with Gasteiger partial charge in [0.05, 0.1) is 6.42 Å². The van der Waals surface area contributed by atoms with E-state index in [4.69, 9.17) is 0 Å². The fraction of sp³-hybridized carbons (Fsp3) is 0.611. The van der Waals surface area contributed by atoms with Crippen LogP contribution in [0.5, 0.6) is 0 Å². The van der Waals surface area contributed by atoms with Gasteiger partial charge in [-0.15, -0.1) is 0 Å². The van der Waals surface area contributed by atoms with E-state index in [1.807, 2.05) is 0 Å². The van der Waals surface area contributed by atoms with Gasteiger partial charge in [-0.1, -0.05) is 26.0 Å². The van der Waals surface area contributed by atoms with Crippen molar-refractivity contribution in [2.24, 2.45) is 5.92 Å². The maximum absolute atomic E-state index is 13.6. The molecule has 1 amide bonds. The number of rotatable bonds is 6. The van der Waals surface area contributed by atoms with Crippen molar-refractivity contribution in [3.8, 4) is 0 Å². The molecule has 24 heavy (non-hydrogen) atoms. The standard InChI is InChI=1S/C18H27F2N3O/c1-13(2)16(23-9-7-22(3)8-10-23)12-21-17(24)11-14-5-4-6-15(19)18(14)20/h4-6,13,16H,7-12H2,1-3H3,(H,21,24)/t16-/m1/s1. The third-order valence-electron chi connectivity index (χ3n) is 4.67. The van der Waals surface area contributed by atoms with Gasteiger partial charge in [-0.3, -0.25) is 9.69 Å². The van der Waals surface area contributed by atoms with Crippen molar-refractivity contribution in [3.05, 3.63) is 35.4 Å². The van der Waals surface area contributed by atoms with Crippen molar-refractivity contribution in [2.45, 2.75) is 26.3 Å². The minimum atomic E-state index is -0.938. The molecule has 1 aliphatic heterocycles. The Morgan fingerprint density at radius 2 is 1.88 bits per heavy atom. The lowest BCUT2D eigenvalue weighted by molar-refractivity contribution is -0.120. The number of hydrogen-bond donors (Lipinski definition) is 1. The van der Waals surface area contributed by atoms with Gasteiger partial charge in [-0.05, 0) is 19.0 Å². The van der Waals surface area contributed by atoms with Crippen molar-refractivity contribution in [1.82, 2.24) is 15.1 Å². The number of carbonyl (C=O) groups is 1. The highest BCUT2D eigenvalue weighted by Crippen LogP contribution is 2.14. The van der Waals surface area contributed by atoms with Crippen molar-refractivity contribution in [2.75, 3.05) is 39.8 Å². The monoisotopic (exact) mass is 339 g/mol. The molecule has 4 nitrogen and oxygen atoms in total. The molecule has 134 valence electrons. The predicted octanol–water partition coefficient (Wildman–Crippen LogP) is 1.90. The van der Waals surface area contributed by atoms with E-state index in [1.165, 1.54) is 12.1 Å². The van der Waals surface area contributed by atoms with Gasteiger partial charge >= 0.3 is 0 Å². The highest BCUT2D eigenvalue weighted by atomic mass is 19.2. The van der Waals surface area contributed by atoms with E-state index >= 15 is 0 Å². The first-order chi connectivity index (χ1) is 11.4. The van der Waals surface area contributed by atoms with Crippen LogP contribution < -0.4 is 5.32 Å². The molecule has 0 bridgehead atoms. The van der Waals surface area contributed by atoms with Crippen LogP contribution in [-0.2, 0) is 11.2 Å². The molecular weight excluding hydrogens is 312 g/mol. The fourth-order valence-corrected chi connectivity index (χ4v) is 3.08. The predicted molar refractivity (Wildman–Crippen MR) is 90.8 cm³/mol. The van der Waals surface area contributed by atoms with E-state index in [0.29, 0.717) is 12.5 Å². The Kier molecular flexibility index (Phi) is 6.69. The lowest BCUT2D eigenvalue weighted by Gasteiger charge is -2.39. The van der Waals surface area contributed by atoms with Crippen molar-refractivity contribution >= 4 is 5.91 Å². The summed E-state index contributed by atoms with van der Waals surface area (Å²) >= 11 is 0. The van der Waals surface area contributed by atoms with Gasteiger partial charge < -0.3 is 10.2 Å². The highest BCUT2D eigenvalue weighted by Gasteiger charge is 2.25. The van der Waals surface area contributed by atoms with Crippen molar-refractivity contribution in [3.63, 3.8) is 0 Å². The molecule has 0 spiro atoms. The number of nitrogens with one attached hydrogen (secondary N) is 1. The summed E-state index contributed by atoms with van der Waals surface area (Å²) in [7, 11) is 2.11. The number of likely N-dealkylation sites (N-methyl/N-ethyl adjacent to an activating group) is 1. The van der Waals surface area contributed by atoms with Crippen molar-refractivity contribution in [1.29, 1.82) is 0 Å². The van der Waals surface area contributed by atoms with E-state index in [-0.39, 0.29) is 23.9 Å². The second-order valence-corrected chi connectivity index (χ2v) is 6.84. The summed E-state index contributed by atoms with van der Waals surface area (Å²) in [6.45, 7) is 8.80. The molecule has 0 aliphatic carbocycles. The zero-order chi connectivity index (χ0) is 17.7. The van der Waals surface area contributed by atoms with Crippen LogP contribution in [0.4, 0.5) is 8.78 Å². The van der Waals surface area contributed by atoms with Crippen LogP contribution in [0.2, 0.25) is 0 Å². The quantitative estimate of drug-likeness (QED) is 0.860. The number of amides is 1. The summed E-state index contributed by atoms with van der Waals surface area (Å²) in [6.07, 6.45) is -0.142. The molecule has 1 fully saturated rings. The van der Waals surface area contributed by atoms with E-state index in [2.05, 4.69) is 36.0 Å². The van der Waals surface area contributed by atoms with Gasteiger partial charge in [-0.25, -0.2) is 8.78 Å². The smallest absolute Gasteiger partial charge is 0.224 e. The van der Waals surface area contributed by atoms with E-state index < -0.39 is 11.6 Å². The summed E-state index contributed by atoms with van der Waals surface area (Å²) in [5, 5.41) is 2.88. The van der Waals surface area contributed by atoms with Gasteiger partial charge in [0.1, 0.15) is 0 Å². The maximum Gasteiger partial charge on any atom is 0.224 e. The molecule has 0 unspecified atom stereocenters. The highest BCUT2D eigenvalue weighted by molar-refractivity contribution is 5.78. The third kappa shape index (κ3) is 4.98. The topological polar surface area (TPSA) is 35.6 Å². The second kappa shape index (κ2) is 8.53. The van der Waals surface area contributed by atoms with Crippen LogP contribution in [-0.4, -0.2) is 61.5 Å². The average Bonchev–Trinajstić information content (AvgIpc) is 2.53. The summed E-state index contributed by atoms with van der Waals surface area (Å²) in [4.78, 5) is 16.8. The van der Waals surface area contributed by atoms with Crippen LogP contribution in [0.25, 0.3) is 0 Å². The van der Waals surface area contributed by atoms with Crippen LogP contribution >= 0.6 is 0 Å². The molecule has 1 saturated heterocycles. The fourth-order valence-electron chi connectivity index (χ4n) is 3.08.